The van der Waals surface area contributed by atoms with E-state index in [1.807, 2.05) is 5.92 Å². The maximum absolute atomic E-state index is 6.40. The van der Waals surface area contributed by atoms with Gasteiger partial charge in [-0.1, -0.05) is 5.92 Å². The molecule has 0 spiro atoms. The van der Waals surface area contributed by atoms with Crippen LogP contribution in [0.4, 0.5) is 0 Å². The van der Waals surface area contributed by atoms with Crippen molar-refractivity contribution >= 4 is 0 Å². The molecule has 0 aromatic rings. The van der Waals surface area contributed by atoms with Crippen LogP contribution in [0.3, 0.4) is 0 Å². The van der Waals surface area contributed by atoms with E-state index < -0.39 is 0 Å². The van der Waals surface area contributed by atoms with E-state index in [2.05, 4.69) is 47.4 Å². The molecule has 0 saturated carbocycles. The monoisotopic (exact) mass is 186 g/mol. The van der Waals surface area contributed by atoms with Crippen LogP contribution in [0.15, 0.2) is 0 Å². The van der Waals surface area contributed by atoms with E-state index in [1.54, 1.807) is 6.92 Å². The third-order valence-electron chi connectivity index (χ3n) is 0.562. The molecule has 0 N–H and O–H groups in total. The van der Waals surface area contributed by atoms with E-state index in [1.165, 1.54) is 0 Å². The Hall–Kier alpha value is -1.62. The van der Waals surface area contributed by atoms with E-state index >= 15 is 0 Å². The zero-order chi connectivity index (χ0) is 8.36. The quantitative estimate of drug-likeness (QED) is 0.384. The Bertz CT molecular complexity index is 391. The maximum atomic E-state index is 6.40. The molecule has 0 aliphatic carbocycles. The second kappa shape index (κ2) is 12.1. The van der Waals surface area contributed by atoms with Gasteiger partial charge in [-0.15, -0.1) is 5.92 Å². The van der Waals surface area contributed by atoms with Gasteiger partial charge in [0.1, 0.15) is 0 Å². The van der Waals surface area contributed by atoms with Crippen molar-refractivity contribution < 1.29 is 18.6 Å². The van der Waals surface area contributed by atoms with Crippen molar-refractivity contribution in [3.8, 4) is 53.3 Å². The summed E-state index contributed by atoms with van der Waals surface area (Å²) in [6.07, 6.45) is 6.40. The summed E-state index contributed by atoms with van der Waals surface area (Å²) in [5.41, 5.74) is 0. The Balaban J connectivity index is 0. The van der Waals surface area contributed by atoms with Crippen LogP contribution < -0.4 is 0 Å². The van der Waals surface area contributed by atoms with Crippen molar-refractivity contribution in [2.75, 3.05) is 0 Å². The second-order valence-corrected chi connectivity index (χ2v) is 1.25. The molecule has 53 valence electrons. The minimum absolute atomic E-state index is 0. The van der Waals surface area contributed by atoms with Crippen molar-refractivity contribution in [3.05, 3.63) is 6.42 Å². The fraction of sp³-hybridized carbons (Fsp3) is 0.0909. The fourth-order valence-corrected chi connectivity index (χ4v) is 0.250. The van der Waals surface area contributed by atoms with Gasteiger partial charge in [-0.2, -0.15) is 0 Å². The molecular formula is C11H3V-. The van der Waals surface area contributed by atoms with Crippen molar-refractivity contribution in [2.24, 2.45) is 0 Å². The normalized spacial score (nSPS) is 3.33. The topological polar surface area (TPSA) is 0 Å². The molecule has 1 heteroatoms. The Morgan fingerprint density at radius 3 is 1.58 bits per heavy atom. The van der Waals surface area contributed by atoms with Gasteiger partial charge in [0.25, 0.3) is 0 Å². The maximum Gasteiger partial charge on any atom is 0 e. The van der Waals surface area contributed by atoms with Crippen molar-refractivity contribution in [3.63, 3.8) is 0 Å². The second-order valence-electron chi connectivity index (χ2n) is 1.25. The molecule has 0 aliphatic rings. The largest absolute Gasteiger partial charge is 0.358 e. The molecule has 0 saturated heterocycles. The van der Waals surface area contributed by atoms with Gasteiger partial charge in [0.05, 0.1) is 0 Å². The van der Waals surface area contributed by atoms with Gasteiger partial charge in [0.15, 0.2) is 0 Å². The predicted molar refractivity (Wildman–Crippen MR) is 43.9 cm³/mol. The standard InChI is InChI=1S/C11H3.V/c1-3-5-7-9-11-10-8-6-4-2;/h1H3;/q-1;. The van der Waals surface area contributed by atoms with Crippen molar-refractivity contribution in [1.29, 1.82) is 0 Å². The summed E-state index contributed by atoms with van der Waals surface area (Å²) in [6.45, 7) is 1.70. The molecule has 0 fully saturated rings. The molecule has 0 aromatic carbocycles. The molecule has 0 bridgehead atoms. The molecule has 0 aliphatic heterocycles. The van der Waals surface area contributed by atoms with Crippen LogP contribution in [0.25, 0.3) is 0 Å². The van der Waals surface area contributed by atoms with Crippen LogP contribution in [0.5, 0.6) is 0 Å². The first-order chi connectivity index (χ1) is 5.41. The number of rotatable bonds is 0. The van der Waals surface area contributed by atoms with E-state index in [9.17, 15) is 0 Å². The number of hydrogen-bond acceptors (Lipinski definition) is 0. The summed E-state index contributed by atoms with van der Waals surface area (Å²) in [7, 11) is 0. The Morgan fingerprint density at radius 2 is 1.17 bits per heavy atom. The first-order valence-electron chi connectivity index (χ1n) is 2.75. The van der Waals surface area contributed by atoms with Gasteiger partial charge in [-0.05, 0) is 36.5 Å². The molecule has 0 nitrogen and oxygen atoms in total. The average Bonchev–Trinajstić information content (AvgIpc) is 2.03. The summed E-state index contributed by atoms with van der Waals surface area (Å²) in [5.74, 6) is 21.4. The first kappa shape index (κ1) is 13.0. The minimum atomic E-state index is 0. The molecule has 1 radical (unpaired) electrons. The predicted octanol–water partition coefficient (Wildman–Crippen LogP) is 0.607. The molecule has 0 rings (SSSR count). The molecule has 0 amide bonds. The van der Waals surface area contributed by atoms with Gasteiger partial charge in [0.2, 0.25) is 0 Å². The molecule has 0 unspecified atom stereocenters. The zero-order valence-corrected chi connectivity index (χ0v) is 7.84. The molecule has 0 aromatic heterocycles. The average molecular weight is 186 g/mol. The van der Waals surface area contributed by atoms with E-state index in [0.717, 1.165) is 0 Å². The molecule has 12 heavy (non-hydrogen) atoms. The Morgan fingerprint density at radius 1 is 0.750 bits per heavy atom. The van der Waals surface area contributed by atoms with Crippen LogP contribution in [0, 0.1) is 59.7 Å². The van der Waals surface area contributed by atoms with Crippen LogP contribution in [0.2, 0.25) is 0 Å². The van der Waals surface area contributed by atoms with Crippen LogP contribution in [-0.4, -0.2) is 0 Å². The van der Waals surface area contributed by atoms with Crippen LogP contribution in [0.1, 0.15) is 6.92 Å². The zero-order valence-electron chi connectivity index (χ0n) is 6.45. The SMILES string of the molecule is [C-]#CC#CC#CC#CC#CC.[V]. The van der Waals surface area contributed by atoms with Crippen LogP contribution >= 0.6 is 0 Å². The summed E-state index contributed by atoms with van der Waals surface area (Å²) in [5, 5.41) is 0. The van der Waals surface area contributed by atoms with E-state index in [-0.39, 0.29) is 18.6 Å². The van der Waals surface area contributed by atoms with E-state index in [4.69, 9.17) is 6.42 Å². The summed E-state index contributed by atoms with van der Waals surface area (Å²) in [4.78, 5) is 0. The number of hydrogen-bond donors (Lipinski definition) is 0. The van der Waals surface area contributed by atoms with E-state index in [0.29, 0.717) is 0 Å². The van der Waals surface area contributed by atoms with Gasteiger partial charge in [0, 0.05) is 18.6 Å². The first-order valence-corrected chi connectivity index (χ1v) is 2.75. The molecule has 0 heterocycles. The fourth-order valence-electron chi connectivity index (χ4n) is 0.250. The summed E-state index contributed by atoms with van der Waals surface area (Å²) >= 11 is 0. The van der Waals surface area contributed by atoms with Gasteiger partial charge < -0.3 is 6.42 Å². The van der Waals surface area contributed by atoms with Gasteiger partial charge in [-0.3, -0.25) is 5.92 Å². The third kappa shape index (κ3) is 11.2. The minimum Gasteiger partial charge on any atom is -0.358 e. The van der Waals surface area contributed by atoms with Gasteiger partial charge in [-0.25, -0.2) is 5.92 Å². The van der Waals surface area contributed by atoms with Crippen LogP contribution in [-0.2, 0) is 18.6 Å². The van der Waals surface area contributed by atoms with Crippen molar-refractivity contribution in [2.45, 2.75) is 6.92 Å². The van der Waals surface area contributed by atoms with Crippen molar-refractivity contribution in [1.82, 2.24) is 0 Å². The summed E-state index contributed by atoms with van der Waals surface area (Å²) in [6, 6.07) is 0. The Labute approximate surface area is 85.4 Å². The molecule has 0 atom stereocenters. The third-order valence-corrected chi connectivity index (χ3v) is 0.562. The molecular weight excluding hydrogens is 183 g/mol. The summed E-state index contributed by atoms with van der Waals surface area (Å²) < 4.78 is 0. The Kier molecular flexibility index (Phi) is 13.1. The smallest absolute Gasteiger partial charge is 0 e. The van der Waals surface area contributed by atoms with Gasteiger partial charge >= 0.3 is 0 Å².